The fraction of sp³-hybridized carbons (Fsp3) is 0.414. The van der Waals surface area contributed by atoms with Crippen molar-refractivity contribution in [3.05, 3.63) is 59.3 Å². The first-order valence-corrected chi connectivity index (χ1v) is 15.0. The predicted octanol–water partition coefficient (Wildman–Crippen LogP) is 4.30. The van der Waals surface area contributed by atoms with E-state index in [1.165, 1.54) is 6.07 Å². The molecular formula is C29H39N5O6S. The minimum Gasteiger partial charge on any atom is -0.411 e. The first-order chi connectivity index (χ1) is 19.4. The van der Waals surface area contributed by atoms with E-state index in [9.17, 15) is 18.0 Å². The standard InChI is InChI=1S/C29H39N5O6S/c1-7-8-13-26(35)34(27(18(2)3)28(36)31-6)17-21-14-15-22(24(16-21)39-30)23-11-9-10-12-25(23)41(37,38)33-29-19(4)20(5)32-40-29/h9-12,14-16,18,27,33H,7-8,13,17,30H2,1-6H3,(H,31,36). The molecule has 0 aliphatic heterocycles. The molecule has 41 heavy (non-hydrogen) atoms. The Morgan fingerprint density at radius 2 is 1.83 bits per heavy atom. The molecule has 2 amide bonds. The highest BCUT2D eigenvalue weighted by molar-refractivity contribution is 7.92. The smallest absolute Gasteiger partial charge is 0.264 e. The fourth-order valence-corrected chi connectivity index (χ4v) is 5.83. The highest BCUT2D eigenvalue weighted by atomic mass is 32.2. The number of unbranched alkanes of at least 4 members (excludes halogenated alkanes) is 1. The first kappa shape index (κ1) is 31.6. The summed E-state index contributed by atoms with van der Waals surface area (Å²) in [4.78, 5) is 32.8. The van der Waals surface area contributed by atoms with Gasteiger partial charge in [-0.25, -0.2) is 13.1 Å². The molecule has 0 fully saturated rings. The summed E-state index contributed by atoms with van der Waals surface area (Å²) < 4.78 is 34.4. The second-order valence-electron chi connectivity index (χ2n) is 10.2. The van der Waals surface area contributed by atoms with E-state index in [0.717, 1.165) is 6.42 Å². The summed E-state index contributed by atoms with van der Waals surface area (Å²) in [5.41, 5.74) is 2.60. The third-order valence-electron chi connectivity index (χ3n) is 6.92. The highest BCUT2D eigenvalue weighted by Gasteiger charge is 2.32. The zero-order chi connectivity index (χ0) is 30.3. The van der Waals surface area contributed by atoms with Crippen molar-refractivity contribution >= 4 is 27.7 Å². The van der Waals surface area contributed by atoms with Crippen LogP contribution in [0.1, 0.15) is 56.9 Å². The van der Waals surface area contributed by atoms with E-state index in [0.29, 0.717) is 40.8 Å². The van der Waals surface area contributed by atoms with Gasteiger partial charge in [0.1, 0.15) is 6.04 Å². The normalized spacial score (nSPS) is 12.2. The third kappa shape index (κ3) is 7.25. The maximum atomic E-state index is 13.4. The number of amides is 2. The molecule has 0 bridgehead atoms. The fourth-order valence-electron chi connectivity index (χ4n) is 4.56. The van der Waals surface area contributed by atoms with Crippen LogP contribution in [0.25, 0.3) is 11.1 Å². The molecule has 3 aromatic rings. The van der Waals surface area contributed by atoms with Crippen molar-refractivity contribution in [1.82, 2.24) is 15.4 Å². The van der Waals surface area contributed by atoms with Gasteiger partial charge in [-0.2, -0.15) is 5.90 Å². The van der Waals surface area contributed by atoms with Crippen LogP contribution in [0, 0.1) is 19.8 Å². The third-order valence-corrected chi connectivity index (χ3v) is 8.31. The molecule has 2 aromatic carbocycles. The second-order valence-corrected chi connectivity index (χ2v) is 11.9. The lowest BCUT2D eigenvalue weighted by Gasteiger charge is -2.33. The average molecular weight is 586 g/mol. The average Bonchev–Trinajstić information content (AvgIpc) is 3.26. The molecule has 1 heterocycles. The summed E-state index contributed by atoms with van der Waals surface area (Å²) in [6, 6.07) is 10.9. The van der Waals surface area contributed by atoms with E-state index in [2.05, 4.69) is 15.2 Å². The number of carbonyl (C=O) groups is 2. The van der Waals surface area contributed by atoms with E-state index in [1.54, 1.807) is 62.2 Å². The lowest BCUT2D eigenvalue weighted by Crippen LogP contribution is -2.51. The van der Waals surface area contributed by atoms with Crippen LogP contribution in [-0.4, -0.2) is 43.4 Å². The van der Waals surface area contributed by atoms with Crippen LogP contribution in [0.4, 0.5) is 5.88 Å². The number of sulfonamides is 1. The molecule has 222 valence electrons. The van der Waals surface area contributed by atoms with Gasteiger partial charge in [0.2, 0.25) is 17.7 Å². The molecule has 0 saturated carbocycles. The molecule has 12 heteroatoms. The maximum absolute atomic E-state index is 13.4. The number of likely N-dealkylation sites (N-methyl/N-ethyl adjacent to an activating group) is 1. The van der Waals surface area contributed by atoms with Gasteiger partial charge in [-0.05, 0) is 43.9 Å². The van der Waals surface area contributed by atoms with Crippen LogP contribution < -0.4 is 20.8 Å². The topological polar surface area (TPSA) is 157 Å². The number of anilines is 1. The van der Waals surface area contributed by atoms with Gasteiger partial charge in [0.15, 0.2) is 5.75 Å². The van der Waals surface area contributed by atoms with Crippen molar-refractivity contribution in [3.8, 4) is 16.9 Å². The number of nitrogens with one attached hydrogen (secondary N) is 2. The molecule has 0 aliphatic rings. The van der Waals surface area contributed by atoms with Crippen molar-refractivity contribution in [2.75, 3.05) is 11.8 Å². The van der Waals surface area contributed by atoms with Gasteiger partial charge in [0.25, 0.3) is 10.0 Å². The quantitative estimate of drug-likeness (QED) is 0.251. The van der Waals surface area contributed by atoms with Crippen molar-refractivity contribution < 1.29 is 27.4 Å². The zero-order valence-corrected chi connectivity index (χ0v) is 25.2. The monoisotopic (exact) mass is 585 g/mol. The Labute approximate surface area is 241 Å². The molecular weight excluding hydrogens is 546 g/mol. The minimum absolute atomic E-state index is 0.0182. The van der Waals surface area contributed by atoms with Gasteiger partial charge in [-0.15, -0.1) is 0 Å². The molecule has 0 saturated heterocycles. The number of hydrogen-bond acceptors (Lipinski definition) is 8. The van der Waals surface area contributed by atoms with Crippen LogP contribution in [-0.2, 0) is 26.2 Å². The van der Waals surface area contributed by atoms with Crippen molar-refractivity contribution in [1.29, 1.82) is 0 Å². The summed E-state index contributed by atoms with van der Waals surface area (Å²) >= 11 is 0. The van der Waals surface area contributed by atoms with E-state index < -0.39 is 16.1 Å². The molecule has 1 aromatic heterocycles. The van der Waals surface area contributed by atoms with Gasteiger partial charge in [0, 0.05) is 36.7 Å². The molecule has 3 rings (SSSR count). The molecule has 0 radical (unpaired) electrons. The minimum atomic E-state index is -4.09. The highest BCUT2D eigenvalue weighted by Crippen LogP contribution is 2.36. The van der Waals surface area contributed by atoms with Gasteiger partial charge in [-0.3, -0.25) is 9.59 Å². The van der Waals surface area contributed by atoms with Crippen molar-refractivity contribution in [2.24, 2.45) is 11.8 Å². The number of nitrogens with two attached hydrogens (primary N) is 1. The summed E-state index contributed by atoms with van der Waals surface area (Å²) in [6.45, 7) is 9.35. The number of aromatic nitrogens is 1. The predicted molar refractivity (Wildman–Crippen MR) is 156 cm³/mol. The zero-order valence-electron chi connectivity index (χ0n) is 24.4. The number of carbonyl (C=O) groups excluding carboxylic acids is 2. The van der Waals surface area contributed by atoms with E-state index in [-0.39, 0.29) is 40.8 Å². The van der Waals surface area contributed by atoms with E-state index in [1.807, 2.05) is 20.8 Å². The number of benzene rings is 2. The van der Waals surface area contributed by atoms with Crippen molar-refractivity contribution in [3.63, 3.8) is 0 Å². The molecule has 0 spiro atoms. The SMILES string of the molecule is CCCCC(=O)N(Cc1ccc(-c2ccccc2S(=O)(=O)Nc2onc(C)c2C)c(ON)c1)C(C(=O)NC)C(C)C. The Hall–Kier alpha value is -3.90. The van der Waals surface area contributed by atoms with Crippen LogP contribution >= 0.6 is 0 Å². The van der Waals surface area contributed by atoms with E-state index in [4.69, 9.17) is 15.3 Å². The van der Waals surface area contributed by atoms with Crippen LogP contribution in [0.15, 0.2) is 51.9 Å². The maximum Gasteiger partial charge on any atom is 0.264 e. The summed E-state index contributed by atoms with van der Waals surface area (Å²) in [5.74, 6) is 5.39. The van der Waals surface area contributed by atoms with E-state index >= 15 is 0 Å². The summed E-state index contributed by atoms with van der Waals surface area (Å²) in [6.07, 6.45) is 1.87. The summed E-state index contributed by atoms with van der Waals surface area (Å²) in [7, 11) is -2.54. The van der Waals surface area contributed by atoms with Crippen LogP contribution in [0.3, 0.4) is 0 Å². The number of rotatable bonds is 13. The lowest BCUT2D eigenvalue weighted by molar-refractivity contribution is -0.142. The Balaban J connectivity index is 2.02. The molecule has 4 N–H and O–H groups in total. The Kier molecular flexibility index (Phi) is 10.5. The Morgan fingerprint density at radius 3 is 2.41 bits per heavy atom. The molecule has 1 atom stereocenters. The van der Waals surface area contributed by atoms with Gasteiger partial charge in [-0.1, -0.05) is 62.7 Å². The lowest BCUT2D eigenvalue weighted by atomic mass is 9.98. The molecule has 0 aliphatic carbocycles. The van der Waals surface area contributed by atoms with Gasteiger partial charge in [0.05, 0.1) is 10.6 Å². The van der Waals surface area contributed by atoms with Crippen molar-refractivity contribution in [2.45, 2.75) is 71.4 Å². The number of nitrogens with zero attached hydrogens (tertiary/aromatic N) is 2. The van der Waals surface area contributed by atoms with Crippen LogP contribution in [0.5, 0.6) is 5.75 Å². The first-order valence-electron chi connectivity index (χ1n) is 13.5. The second kappa shape index (κ2) is 13.6. The van der Waals surface area contributed by atoms with Crippen LogP contribution in [0.2, 0.25) is 0 Å². The molecule has 1 unspecified atom stereocenters. The number of hydrogen-bond donors (Lipinski definition) is 3. The summed E-state index contributed by atoms with van der Waals surface area (Å²) in [5, 5.41) is 6.48. The molecule has 11 nitrogen and oxygen atoms in total. The van der Waals surface area contributed by atoms with Gasteiger partial charge < -0.3 is 19.6 Å². The van der Waals surface area contributed by atoms with Gasteiger partial charge >= 0.3 is 0 Å². The number of aryl methyl sites for hydroxylation is 1. The largest absolute Gasteiger partial charge is 0.411 e. The Bertz CT molecular complexity index is 1480. The Morgan fingerprint density at radius 1 is 1.12 bits per heavy atom.